The van der Waals surface area contributed by atoms with Gasteiger partial charge in [0.1, 0.15) is 5.75 Å². The molecule has 0 aliphatic heterocycles. The molecule has 0 unspecified atom stereocenters. The molecule has 78 valence electrons. The monoisotopic (exact) mass is 206 g/mol. The number of benzene rings is 1. The van der Waals surface area contributed by atoms with E-state index in [-0.39, 0.29) is 5.69 Å². The maximum atomic E-state index is 11.0. The van der Waals surface area contributed by atoms with Crippen LogP contribution in [0.2, 0.25) is 0 Å². The highest BCUT2D eigenvalue weighted by Gasteiger charge is 2.18. The molecule has 5 heteroatoms. The van der Waals surface area contributed by atoms with Crippen LogP contribution in [-0.4, -0.2) is 28.0 Å². The lowest BCUT2D eigenvalue weighted by Gasteiger charge is -2.01. The van der Waals surface area contributed by atoms with E-state index in [9.17, 15) is 4.79 Å². The van der Waals surface area contributed by atoms with E-state index in [2.05, 4.69) is 5.10 Å². The number of ether oxygens (including phenoxy) is 1. The van der Waals surface area contributed by atoms with E-state index >= 15 is 0 Å². The summed E-state index contributed by atoms with van der Waals surface area (Å²) >= 11 is 0. The fourth-order valence-corrected chi connectivity index (χ4v) is 1.63. The average Bonchev–Trinajstić information content (AvgIpc) is 2.53. The third-order valence-corrected chi connectivity index (χ3v) is 2.24. The zero-order valence-corrected chi connectivity index (χ0v) is 8.39. The second-order valence-electron chi connectivity index (χ2n) is 3.13. The van der Waals surface area contributed by atoms with Crippen molar-refractivity contribution >= 4 is 16.9 Å². The molecule has 0 atom stereocenters. The Kier molecular flexibility index (Phi) is 2.07. The highest BCUT2D eigenvalue weighted by atomic mass is 16.5. The van der Waals surface area contributed by atoms with E-state index in [0.29, 0.717) is 16.7 Å². The summed E-state index contributed by atoms with van der Waals surface area (Å²) in [5.41, 5.74) is 0.761. The quantitative estimate of drug-likeness (QED) is 0.803. The minimum absolute atomic E-state index is 0.141. The summed E-state index contributed by atoms with van der Waals surface area (Å²) in [5, 5.41) is 13.7. The molecule has 0 spiro atoms. The van der Waals surface area contributed by atoms with Crippen LogP contribution in [-0.2, 0) is 7.05 Å². The van der Waals surface area contributed by atoms with Crippen molar-refractivity contribution in [2.24, 2.45) is 7.05 Å². The molecular weight excluding hydrogens is 196 g/mol. The summed E-state index contributed by atoms with van der Waals surface area (Å²) in [6.07, 6.45) is 0. The van der Waals surface area contributed by atoms with Crippen LogP contribution in [0, 0.1) is 0 Å². The number of aromatic nitrogens is 2. The van der Waals surface area contributed by atoms with Gasteiger partial charge in [0.05, 0.1) is 18.0 Å². The smallest absolute Gasteiger partial charge is 0.354 e. The van der Waals surface area contributed by atoms with E-state index in [1.54, 1.807) is 25.2 Å². The number of methoxy groups -OCH3 is 1. The maximum absolute atomic E-state index is 11.0. The van der Waals surface area contributed by atoms with Crippen LogP contribution >= 0.6 is 0 Å². The Hall–Kier alpha value is -2.04. The molecule has 1 N–H and O–H groups in total. The molecule has 0 saturated carbocycles. The normalized spacial score (nSPS) is 10.5. The van der Waals surface area contributed by atoms with Crippen LogP contribution in [0.1, 0.15) is 10.5 Å². The molecule has 0 aliphatic carbocycles. The lowest BCUT2D eigenvalue weighted by molar-refractivity contribution is 0.0687. The highest BCUT2D eigenvalue weighted by Crippen LogP contribution is 2.27. The Labute approximate surface area is 85.9 Å². The van der Waals surface area contributed by atoms with Gasteiger partial charge in [-0.2, -0.15) is 5.10 Å². The Morgan fingerprint density at radius 3 is 2.87 bits per heavy atom. The lowest BCUT2D eigenvalue weighted by atomic mass is 10.2. The van der Waals surface area contributed by atoms with Gasteiger partial charge in [-0.1, -0.05) is 6.07 Å². The predicted molar refractivity (Wildman–Crippen MR) is 54.2 cm³/mol. The molecule has 0 saturated heterocycles. The minimum Gasteiger partial charge on any atom is -0.496 e. The Morgan fingerprint density at radius 1 is 1.53 bits per heavy atom. The number of carboxylic acids is 1. The molecule has 0 amide bonds. The first-order valence-corrected chi connectivity index (χ1v) is 4.38. The van der Waals surface area contributed by atoms with Gasteiger partial charge in [0, 0.05) is 7.05 Å². The van der Waals surface area contributed by atoms with E-state index in [1.165, 1.54) is 11.8 Å². The van der Waals surface area contributed by atoms with Crippen molar-refractivity contribution in [1.82, 2.24) is 9.78 Å². The van der Waals surface area contributed by atoms with Gasteiger partial charge in [0.25, 0.3) is 0 Å². The van der Waals surface area contributed by atoms with E-state index in [1.807, 2.05) is 0 Å². The molecule has 0 aliphatic rings. The largest absolute Gasteiger partial charge is 0.496 e. The van der Waals surface area contributed by atoms with E-state index < -0.39 is 5.97 Å². The van der Waals surface area contributed by atoms with Gasteiger partial charge >= 0.3 is 5.97 Å². The number of nitrogens with zero attached hydrogens (tertiary/aromatic N) is 2. The van der Waals surface area contributed by atoms with Crippen LogP contribution in [0.3, 0.4) is 0 Å². The number of aryl methyl sites for hydroxylation is 1. The van der Waals surface area contributed by atoms with Gasteiger partial charge in [0.15, 0.2) is 5.69 Å². The average molecular weight is 206 g/mol. The van der Waals surface area contributed by atoms with Crippen molar-refractivity contribution in [2.75, 3.05) is 7.11 Å². The molecule has 1 aromatic heterocycles. The molecule has 1 heterocycles. The fourth-order valence-electron chi connectivity index (χ4n) is 1.63. The highest BCUT2D eigenvalue weighted by molar-refractivity contribution is 6.04. The summed E-state index contributed by atoms with van der Waals surface area (Å²) in [6, 6.07) is 5.25. The SMILES string of the molecule is COc1cccc2nn(C)c(C(=O)O)c12. The lowest BCUT2D eigenvalue weighted by Crippen LogP contribution is -2.05. The second kappa shape index (κ2) is 3.27. The second-order valence-corrected chi connectivity index (χ2v) is 3.13. The number of fused-ring (bicyclic) bond motifs is 1. The molecule has 0 fully saturated rings. The zero-order chi connectivity index (χ0) is 11.0. The summed E-state index contributed by atoms with van der Waals surface area (Å²) < 4.78 is 6.46. The number of hydrogen-bond donors (Lipinski definition) is 1. The van der Waals surface area contributed by atoms with Gasteiger partial charge in [-0.15, -0.1) is 0 Å². The molecule has 1 aromatic carbocycles. The topological polar surface area (TPSA) is 64.4 Å². The Morgan fingerprint density at radius 2 is 2.27 bits per heavy atom. The number of rotatable bonds is 2. The van der Waals surface area contributed by atoms with Crippen LogP contribution < -0.4 is 4.74 Å². The van der Waals surface area contributed by atoms with Gasteiger partial charge < -0.3 is 9.84 Å². The van der Waals surface area contributed by atoms with Crippen LogP contribution in [0.25, 0.3) is 10.9 Å². The predicted octanol–water partition coefficient (Wildman–Crippen LogP) is 1.28. The van der Waals surface area contributed by atoms with Crippen molar-refractivity contribution in [2.45, 2.75) is 0 Å². The maximum Gasteiger partial charge on any atom is 0.354 e. The van der Waals surface area contributed by atoms with Crippen molar-refractivity contribution in [3.05, 3.63) is 23.9 Å². The third-order valence-electron chi connectivity index (χ3n) is 2.24. The minimum atomic E-state index is -1.01. The van der Waals surface area contributed by atoms with Gasteiger partial charge in [-0.05, 0) is 12.1 Å². The van der Waals surface area contributed by atoms with Crippen molar-refractivity contribution in [3.8, 4) is 5.75 Å². The van der Waals surface area contributed by atoms with Crippen LogP contribution in [0.15, 0.2) is 18.2 Å². The third kappa shape index (κ3) is 1.32. The van der Waals surface area contributed by atoms with Gasteiger partial charge in [-0.3, -0.25) is 4.68 Å². The van der Waals surface area contributed by atoms with Crippen molar-refractivity contribution in [1.29, 1.82) is 0 Å². The number of carboxylic acid groups (broad SMARTS) is 1. The molecule has 2 rings (SSSR count). The van der Waals surface area contributed by atoms with E-state index in [4.69, 9.17) is 9.84 Å². The Balaban J connectivity index is 2.88. The summed E-state index contributed by atoms with van der Waals surface area (Å²) in [4.78, 5) is 11.0. The molecular formula is C10H10N2O3. The molecule has 0 radical (unpaired) electrons. The number of aromatic carboxylic acids is 1. The van der Waals surface area contributed by atoms with Crippen LogP contribution in [0.4, 0.5) is 0 Å². The number of hydrogen-bond acceptors (Lipinski definition) is 3. The molecule has 15 heavy (non-hydrogen) atoms. The summed E-state index contributed by atoms with van der Waals surface area (Å²) in [7, 11) is 3.11. The fraction of sp³-hybridized carbons (Fsp3) is 0.200. The molecule has 5 nitrogen and oxygen atoms in total. The van der Waals surface area contributed by atoms with Gasteiger partial charge in [0.2, 0.25) is 0 Å². The number of carbonyl (C=O) groups is 1. The molecule has 0 bridgehead atoms. The summed E-state index contributed by atoms with van der Waals surface area (Å²) in [5.74, 6) is -0.484. The van der Waals surface area contributed by atoms with E-state index in [0.717, 1.165) is 0 Å². The first-order chi connectivity index (χ1) is 7.15. The first kappa shape index (κ1) is 9.51. The first-order valence-electron chi connectivity index (χ1n) is 4.38. The summed E-state index contributed by atoms with van der Waals surface area (Å²) in [6.45, 7) is 0. The zero-order valence-electron chi connectivity index (χ0n) is 8.39. The van der Waals surface area contributed by atoms with Crippen molar-refractivity contribution in [3.63, 3.8) is 0 Å². The van der Waals surface area contributed by atoms with Crippen molar-refractivity contribution < 1.29 is 14.6 Å². The van der Waals surface area contributed by atoms with Gasteiger partial charge in [-0.25, -0.2) is 4.79 Å². The van der Waals surface area contributed by atoms with Crippen LogP contribution in [0.5, 0.6) is 5.75 Å². The molecule has 2 aromatic rings. The standard InChI is InChI=1S/C10H10N2O3/c1-12-9(10(13)14)8-6(11-12)4-3-5-7(8)15-2/h3-5H,1-2H3,(H,13,14). The Bertz CT molecular complexity index is 531.